The molecule has 0 aliphatic carbocycles. The van der Waals surface area contributed by atoms with E-state index >= 15 is 0 Å². The molecule has 0 aliphatic rings. The Morgan fingerprint density at radius 3 is 2.00 bits per heavy atom. The molecule has 0 saturated carbocycles. The zero-order valence-corrected chi connectivity index (χ0v) is 11.4. The molecule has 1 unspecified atom stereocenters. The minimum Gasteiger partial charge on any atom is -0.321 e. The highest BCUT2D eigenvalue weighted by molar-refractivity contribution is 5.37. The molecular weight excluding hydrogens is 218 g/mol. The van der Waals surface area contributed by atoms with Gasteiger partial charge in [-0.05, 0) is 49.4 Å². The van der Waals surface area contributed by atoms with Crippen LogP contribution in [0.3, 0.4) is 0 Å². The van der Waals surface area contributed by atoms with E-state index in [4.69, 9.17) is 5.73 Å². The zero-order chi connectivity index (χ0) is 13.2. The van der Waals surface area contributed by atoms with Gasteiger partial charge in [-0.3, -0.25) is 0 Å². The Morgan fingerprint density at radius 2 is 1.44 bits per heavy atom. The van der Waals surface area contributed by atoms with Crippen molar-refractivity contribution < 1.29 is 0 Å². The van der Waals surface area contributed by atoms with Gasteiger partial charge in [0.2, 0.25) is 0 Å². The van der Waals surface area contributed by atoms with Crippen LogP contribution in [0.1, 0.15) is 29.2 Å². The Balaban J connectivity index is 2.34. The first-order valence-corrected chi connectivity index (χ1v) is 6.40. The van der Waals surface area contributed by atoms with E-state index in [0.29, 0.717) is 0 Å². The van der Waals surface area contributed by atoms with Gasteiger partial charge in [0.25, 0.3) is 0 Å². The van der Waals surface area contributed by atoms with Crippen LogP contribution in [0.25, 0.3) is 0 Å². The third-order valence-electron chi connectivity index (χ3n) is 3.62. The summed E-state index contributed by atoms with van der Waals surface area (Å²) in [6.45, 7) is 6.42. The van der Waals surface area contributed by atoms with Gasteiger partial charge in [-0.2, -0.15) is 0 Å². The maximum atomic E-state index is 6.51. The standard InChI is InChI=1S/C17H21N/c1-13-8-7-9-14(2)16(13)12-17(3,18)15-10-5-4-6-11-15/h4-11H,12,18H2,1-3H3. The Kier molecular flexibility index (Phi) is 3.53. The second-order valence-electron chi connectivity index (χ2n) is 5.33. The van der Waals surface area contributed by atoms with Crippen molar-refractivity contribution in [3.63, 3.8) is 0 Å². The number of aryl methyl sites for hydroxylation is 2. The van der Waals surface area contributed by atoms with Crippen molar-refractivity contribution >= 4 is 0 Å². The average molecular weight is 239 g/mol. The molecule has 2 N–H and O–H groups in total. The highest BCUT2D eigenvalue weighted by Gasteiger charge is 2.22. The zero-order valence-electron chi connectivity index (χ0n) is 11.4. The Bertz CT molecular complexity index is 506. The van der Waals surface area contributed by atoms with Gasteiger partial charge in [-0.1, -0.05) is 48.5 Å². The quantitative estimate of drug-likeness (QED) is 0.868. The lowest BCUT2D eigenvalue weighted by molar-refractivity contribution is 0.489. The molecule has 0 amide bonds. The van der Waals surface area contributed by atoms with Gasteiger partial charge in [-0.15, -0.1) is 0 Å². The normalized spacial score (nSPS) is 14.2. The van der Waals surface area contributed by atoms with Crippen molar-refractivity contribution in [1.82, 2.24) is 0 Å². The van der Waals surface area contributed by atoms with Crippen molar-refractivity contribution in [3.8, 4) is 0 Å². The monoisotopic (exact) mass is 239 g/mol. The molecule has 1 atom stereocenters. The van der Waals surface area contributed by atoms with E-state index in [1.165, 1.54) is 22.3 Å². The van der Waals surface area contributed by atoms with Gasteiger partial charge < -0.3 is 5.73 Å². The van der Waals surface area contributed by atoms with Crippen molar-refractivity contribution in [3.05, 3.63) is 70.8 Å². The largest absolute Gasteiger partial charge is 0.321 e. The Labute approximate surface area is 110 Å². The van der Waals surface area contributed by atoms with Gasteiger partial charge in [0.1, 0.15) is 0 Å². The van der Waals surface area contributed by atoms with Gasteiger partial charge in [0.15, 0.2) is 0 Å². The molecular formula is C17H21N. The molecule has 2 aromatic carbocycles. The first-order chi connectivity index (χ1) is 8.50. The van der Waals surface area contributed by atoms with E-state index in [1.807, 2.05) is 18.2 Å². The van der Waals surface area contributed by atoms with Gasteiger partial charge in [0.05, 0.1) is 0 Å². The Morgan fingerprint density at radius 1 is 0.889 bits per heavy atom. The van der Waals surface area contributed by atoms with Crippen LogP contribution in [0.2, 0.25) is 0 Å². The van der Waals surface area contributed by atoms with E-state index in [9.17, 15) is 0 Å². The Hall–Kier alpha value is -1.60. The number of hydrogen-bond donors (Lipinski definition) is 1. The molecule has 0 fully saturated rings. The molecule has 0 aliphatic heterocycles. The minimum absolute atomic E-state index is 0.321. The van der Waals surface area contributed by atoms with Gasteiger partial charge >= 0.3 is 0 Å². The summed E-state index contributed by atoms with van der Waals surface area (Å²) in [5.41, 5.74) is 11.4. The third-order valence-corrected chi connectivity index (χ3v) is 3.62. The first kappa shape index (κ1) is 12.8. The molecule has 0 spiro atoms. The lowest BCUT2D eigenvalue weighted by Crippen LogP contribution is -2.35. The maximum Gasteiger partial charge on any atom is 0.0422 e. The maximum absolute atomic E-state index is 6.51. The molecule has 1 heteroatoms. The molecule has 94 valence electrons. The summed E-state index contributed by atoms with van der Waals surface area (Å²) < 4.78 is 0. The molecule has 1 nitrogen and oxygen atoms in total. The minimum atomic E-state index is -0.321. The SMILES string of the molecule is Cc1cccc(C)c1CC(C)(N)c1ccccc1. The summed E-state index contributed by atoms with van der Waals surface area (Å²) >= 11 is 0. The second kappa shape index (κ2) is 4.95. The third kappa shape index (κ3) is 2.62. The smallest absolute Gasteiger partial charge is 0.0422 e. The van der Waals surface area contributed by atoms with E-state index in [-0.39, 0.29) is 5.54 Å². The summed E-state index contributed by atoms with van der Waals surface area (Å²) in [7, 11) is 0. The van der Waals surface area contributed by atoms with E-state index in [2.05, 4.69) is 51.1 Å². The molecule has 2 aromatic rings. The summed E-state index contributed by atoms with van der Waals surface area (Å²) in [4.78, 5) is 0. The fourth-order valence-corrected chi connectivity index (χ4v) is 2.42. The van der Waals surface area contributed by atoms with E-state index < -0.39 is 0 Å². The van der Waals surface area contributed by atoms with Gasteiger partial charge in [-0.25, -0.2) is 0 Å². The molecule has 18 heavy (non-hydrogen) atoms. The predicted octanol–water partition coefficient (Wildman–Crippen LogP) is 3.72. The molecule has 0 heterocycles. The number of benzene rings is 2. The van der Waals surface area contributed by atoms with Crippen LogP contribution in [0, 0.1) is 13.8 Å². The van der Waals surface area contributed by atoms with Crippen molar-refractivity contribution in [2.24, 2.45) is 5.73 Å². The van der Waals surface area contributed by atoms with Gasteiger partial charge in [0, 0.05) is 5.54 Å². The topological polar surface area (TPSA) is 26.0 Å². The first-order valence-electron chi connectivity index (χ1n) is 6.40. The molecule has 0 bridgehead atoms. The van der Waals surface area contributed by atoms with Crippen LogP contribution in [0.4, 0.5) is 0 Å². The average Bonchev–Trinajstić information content (AvgIpc) is 2.35. The number of rotatable bonds is 3. The number of nitrogens with two attached hydrogens (primary N) is 1. The van der Waals surface area contributed by atoms with Crippen LogP contribution in [0.5, 0.6) is 0 Å². The summed E-state index contributed by atoms with van der Waals surface area (Å²) in [6.07, 6.45) is 0.871. The molecule has 0 radical (unpaired) electrons. The van der Waals surface area contributed by atoms with Crippen molar-refractivity contribution in [2.75, 3.05) is 0 Å². The summed E-state index contributed by atoms with van der Waals surface area (Å²) in [6, 6.07) is 16.7. The fourth-order valence-electron chi connectivity index (χ4n) is 2.42. The van der Waals surface area contributed by atoms with E-state index in [1.54, 1.807) is 0 Å². The summed E-state index contributed by atoms with van der Waals surface area (Å²) in [5, 5.41) is 0. The lowest BCUT2D eigenvalue weighted by atomic mass is 9.84. The van der Waals surface area contributed by atoms with E-state index in [0.717, 1.165) is 6.42 Å². The highest BCUT2D eigenvalue weighted by atomic mass is 14.7. The van der Waals surface area contributed by atoms with Crippen LogP contribution in [-0.4, -0.2) is 0 Å². The van der Waals surface area contributed by atoms with Crippen LogP contribution in [-0.2, 0) is 12.0 Å². The molecule has 0 saturated heterocycles. The van der Waals surface area contributed by atoms with Crippen molar-refractivity contribution in [2.45, 2.75) is 32.7 Å². The fraction of sp³-hybridized carbons (Fsp3) is 0.294. The number of hydrogen-bond acceptors (Lipinski definition) is 1. The van der Waals surface area contributed by atoms with Crippen LogP contribution < -0.4 is 5.73 Å². The van der Waals surface area contributed by atoms with Crippen LogP contribution >= 0.6 is 0 Å². The highest BCUT2D eigenvalue weighted by Crippen LogP contribution is 2.25. The predicted molar refractivity (Wildman–Crippen MR) is 77.6 cm³/mol. The lowest BCUT2D eigenvalue weighted by Gasteiger charge is -2.27. The molecule has 2 rings (SSSR count). The van der Waals surface area contributed by atoms with Crippen molar-refractivity contribution in [1.29, 1.82) is 0 Å². The van der Waals surface area contributed by atoms with Crippen LogP contribution in [0.15, 0.2) is 48.5 Å². The molecule has 0 aromatic heterocycles. The second-order valence-corrected chi connectivity index (χ2v) is 5.33. The summed E-state index contributed by atoms with van der Waals surface area (Å²) in [5.74, 6) is 0.